The minimum absolute atomic E-state index is 0.164. The van der Waals surface area contributed by atoms with E-state index in [-0.39, 0.29) is 12.6 Å². The second kappa shape index (κ2) is 4.56. The van der Waals surface area contributed by atoms with E-state index in [0.29, 0.717) is 5.92 Å². The third-order valence-corrected chi connectivity index (χ3v) is 3.81. The first-order valence-electron chi connectivity index (χ1n) is 6.29. The van der Waals surface area contributed by atoms with Gasteiger partial charge >= 0.3 is 0 Å². The lowest BCUT2D eigenvalue weighted by molar-refractivity contribution is 0.244. The lowest BCUT2D eigenvalue weighted by Crippen LogP contribution is -2.36. The summed E-state index contributed by atoms with van der Waals surface area (Å²) in [6.45, 7) is 5.35. The molecule has 1 aromatic heterocycles. The highest BCUT2D eigenvalue weighted by Crippen LogP contribution is 2.34. The molecule has 1 aromatic rings. The molecule has 0 radical (unpaired) electrons. The maximum absolute atomic E-state index is 9.50. The van der Waals surface area contributed by atoms with Crippen LogP contribution in [0.15, 0.2) is 0 Å². The first-order valence-corrected chi connectivity index (χ1v) is 6.29. The van der Waals surface area contributed by atoms with Crippen molar-refractivity contribution in [3.05, 3.63) is 5.69 Å². The summed E-state index contributed by atoms with van der Waals surface area (Å²) in [6.07, 6.45) is 1.93. The zero-order valence-electron chi connectivity index (χ0n) is 10.8. The van der Waals surface area contributed by atoms with Gasteiger partial charge in [0.2, 0.25) is 0 Å². The molecule has 1 aliphatic heterocycles. The van der Waals surface area contributed by atoms with Crippen molar-refractivity contribution in [3.8, 4) is 0 Å². The zero-order chi connectivity index (χ0) is 12.6. The van der Waals surface area contributed by atoms with Gasteiger partial charge in [0.1, 0.15) is 0 Å². The van der Waals surface area contributed by atoms with E-state index in [9.17, 15) is 5.11 Å². The van der Waals surface area contributed by atoms with E-state index in [1.807, 2.05) is 11.7 Å². The van der Waals surface area contributed by atoms with E-state index >= 15 is 0 Å². The van der Waals surface area contributed by atoms with Crippen molar-refractivity contribution in [2.45, 2.75) is 32.7 Å². The Labute approximate surface area is 102 Å². The summed E-state index contributed by atoms with van der Waals surface area (Å²) in [6, 6.07) is 0.164. The van der Waals surface area contributed by atoms with Gasteiger partial charge in [-0.15, -0.1) is 0 Å². The maximum Gasteiger partial charge on any atom is 0.150 e. The van der Waals surface area contributed by atoms with E-state index in [2.05, 4.69) is 23.8 Å². The highest BCUT2D eigenvalue weighted by molar-refractivity contribution is 5.67. The number of nitrogens with two attached hydrogens (primary N) is 1. The summed E-state index contributed by atoms with van der Waals surface area (Å²) in [5.74, 6) is 1.46. The number of hydrogen-bond acceptors (Lipinski definition) is 4. The number of anilines is 2. The smallest absolute Gasteiger partial charge is 0.150 e. The normalized spacial score (nSPS) is 24.6. The Morgan fingerprint density at radius 1 is 1.53 bits per heavy atom. The monoisotopic (exact) mass is 238 g/mol. The molecule has 0 bridgehead atoms. The molecule has 0 aliphatic carbocycles. The number of nitrogen functional groups attached to an aromatic ring is 1. The van der Waals surface area contributed by atoms with Crippen LogP contribution in [0.3, 0.4) is 0 Å². The fourth-order valence-corrected chi connectivity index (χ4v) is 2.74. The van der Waals surface area contributed by atoms with Crippen LogP contribution in [0.1, 0.15) is 26.0 Å². The number of aryl methyl sites for hydroxylation is 2. The Morgan fingerprint density at radius 2 is 2.24 bits per heavy atom. The van der Waals surface area contributed by atoms with Crippen molar-refractivity contribution in [2.75, 3.05) is 23.8 Å². The number of hydrogen-bond donors (Lipinski definition) is 2. The molecule has 1 aliphatic rings. The predicted octanol–water partition coefficient (Wildman–Crippen LogP) is 0.772. The molecule has 0 aromatic carbocycles. The van der Waals surface area contributed by atoms with Gasteiger partial charge in [-0.3, -0.25) is 4.68 Å². The van der Waals surface area contributed by atoms with Crippen LogP contribution in [0, 0.1) is 5.92 Å². The van der Waals surface area contributed by atoms with Gasteiger partial charge in [0.15, 0.2) is 5.82 Å². The summed E-state index contributed by atoms with van der Waals surface area (Å²) >= 11 is 0. The average Bonchev–Trinajstić information content (AvgIpc) is 2.79. The van der Waals surface area contributed by atoms with E-state index in [1.54, 1.807) is 0 Å². The highest BCUT2D eigenvalue weighted by Gasteiger charge is 2.33. The SMILES string of the molecule is CCc1nn(C)c(N2CCC(C)C2CO)c1N. The van der Waals surface area contributed by atoms with E-state index in [0.717, 1.165) is 36.6 Å². The largest absolute Gasteiger partial charge is 0.394 e. The molecule has 2 unspecified atom stereocenters. The van der Waals surface area contributed by atoms with Crippen LogP contribution in [0.4, 0.5) is 11.5 Å². The molecule has 96 valence electrons. The van der Waals surface area contributed by atoms with E-state index in [1.165, 1.54) is 0 Å². The van der Waals surface area contributed by atoms with Gasteiger partial charge < -0.3 is 15.7 Å². The summed E-state index contributed by atoms with van der Waals surface area (Å²) < 4.78 is 1.84. The molecule has 2 heterocycles. The molecular weight excluding hydrogens is 216 g/mol. The third-order valence-electron chi connectivity index (χ3n) is 3.81. The van der Waals surface area contributed by atoms with Crippen LogP contribution in [0.2, 0.25) is 0 Å². The van der Waals surface area contributed by atoms with E-state index < -0.39 is 0 Å². The molecule has 0 spiro atoms. The molecule has 5 heteroatoms. The van der Waals surface area contributed by atoms with Crippen LogP contribution in [0.5, 0.6) is 0 Å². The first-order chi connectivity index (χ1) is 8.10. The molecule has 0 saturated carbocycles. The van der Waals surface area contributed by atoms with Crippen LogP contribution in [0.25, 0.3) is 0 Å². The van der Waals surface area contributed by atoms with Gasteiger partial charge in [-0.05, 0) is 18.8 Å². The Hall–Kier alpha value is -1.23. The minimum Gasteiger partial charge on any atom is -0.394 e. The van der Waals surface area contributed by atoms with Gasteiger partial charge in [-0.25, -0.2) is 0 Å². The topological polar surface area (TPSA) is 67.3 Å². The molecule has 1 fully saturated rings. The Bertz CT molecular complexity index is 401. The number of aromatic nitrogens is 2. The van der Waals surface area contributed by atoms with Crippen molar-refractivity contribution >= 4 is 11.5 Å². The quantitative estimate of drug-likeness (QED) is 0.816. The lowest BCUT2D eigenvalue weighted by atomic mass is 10.0. The zero-order valence-corrected chi connectivity index (χ0v) is 10.8. The summed E-state index contributed by atoms with van der Waals surface area (Å²) in [5, 5.41) is 13.9. The number of aliphatic hydroxyl groups excluding tert-OH is 1. The fraction of sp³-hybridized carbons (Fsp3) is 0.750. The number of nitrogens with zero attached hydrogens (tertiary/aromatic N) is 3. The van der Waals surface area contributed by atoms with Crippen molar-refractivity contribution in [1.82, 2.24) is 9.78 Å². The minimum atomic E-state index is 0.164. The van der Waals surface area contributed by atoms with Gasteiger partial charge in [0.05, 0.1) is 24.0 Å². The van der Waals surface area contributed by atoms with Crippen LogP contribution in [-0.2, 0) is 13.5 Å². The van der Waals surface area contributed by atoms with Gasteiger partial charge in [0.25, 0.3) is 0 Å². The third kappa shape index (κ3) is 1.88. The molecule has 1 saturated heterocycles. The van der Waals surface area contributed by atoms with Gasteiger partial charge in [0, 0.05) is 13.6 Å². The van der Waals surface area contributed by atoms with Crippen LogP contribution >= 0.6 is 0 Å². The lowest BCUT2D eigenvalue weighted by Gasteiger charge is -2.27. The molecule has 0 amide bonds. The molecule has 5 nitrogen and oxygen atoms in total. The van der Waals surface area contributed by atoms with Crippen molar-refractivity contribution in [3.63, 3.8) is 0 Å². The molecule has 17 heavy (non-hydrogen) atoms. The van der Waals surface area contributed by atoms with Gasteiger partial charge in [-0.1, -0.05) is 13.8 Å². The van der Waals surface area contributed by atoms with Crippen LogP contribution < -0.4 is 10.6 Å². The average molecular weight is 238 g/mol. The van der Waals surface area contributed by atoms with Crippen molar-refractivity contribution in [2.24, 2.45) is 13.0 Å². The Morgan fingerprint density at radius 3 is 2.76 bits per heavy atom. The number of rotatable bonds is 3. The predicted molar refractivity (Wildman–Crippen MR) is 69.0 cm³/mol. The van der Waals surface area contributed by atoms with E-state index in [4.69, 9.17) is 5.73 Å². The Kier molecular flexibility index (Phi) is 3.28. The fourth-order valence-electron chi connectivity index (χ4n) is 2.74. The summed E-state index contributed by atoms with van der Waals surface area (Å²) in [5.41, 5.74) is 7.86. The van der Waals surface area contributed by atoms with Crippen molar-refractivity contribution < 1.29 is 5.11 Å². The van der Waals surface area contributed by atoms with Crippen molar-refractivity contribution in [1.29, 1.82) is 0 Å². The van der Waals surface area contributed by atoms with Gasteiger partial charge in [-0.2, -0.15) is 5.10 Å². The standard InChI is InChI=1S/C12H22N4O/c1-4-9-11(13)12(15(3)14-9)16-6-5-8(2)10(16)7-17/h8,10,17H,4-7,13H2,1-3H3. The molecule has 3 N–H and O–H groups in total. The Balaban J connectivity index is 2.37. The number of aliphatic hydroxyl groups is 1. The molecule has 2 rings (SSSR count). The maximum atomic E-state index is 9.50. The second-order valence-corrected chi connectivity index (χ2v) is 4.87. The first kappa shape index (κ1) is 12.2. The summed E-state index contributed by atoms with van der Waals surface area (Å²) in [4.78, 5) is 2.20. The molecule has 2 atom stereocenters. The summed E-state index contributed by atoms with van der Waals surface area (Å²) in [7, 11) is 1.92. The highest BCUT2D eigenvalue weighted by atomic mass is 16.3. The second-order valence-electron chi connectivity index (χ2n) is 4.87. The molecular formula is C12H22N4O. The van der Waals surface area contributed by atoms with Crippen LogP contribution in [-0.4, -0.2) is 34.1 Å².